The van der Waals surface area contributed by atoms with Crippen LogP contribution in [0.25, 0.3) is 0 Å². The fourth-order valence-corrected chi connectivity index (χ4v) is 2.87. The summed E-state index contributed by atoms with van der Waals surface area (Å²) in [6.07, 6.45) is 6.19. The van der Waals surface area contributed by atoms with Crippen molar-refractivity contribution in [3.05, 3.63) is 35.4 Å². The zero-order chi connectivity index (χ0) is 13.0. The Morgan fingerprint density at radius 1 is 1.39 bits per heavy atom. The first kappa shape index (κ1) is 13.3. The molecule has 2 heteroatoms. The molecule has 2 nitrogen and oxygen atoms in total. The fourth-order valence-electron chi connectivity index (χ4n) is 2.87. The molecule has 0 spiro atoms. The van der Waals surface area contributed by atoms with Gasteiger partial charge < -0.3 is 5.73 Å². The van der Waals surface area contributed by atoms with Gasteiger partial charge in [-0.05, 0) is 37.3 Å². The highest BCUT2D eigenvalue weighted by Crippen LogP contribution is 2.26. The van der Waals surface area contributed by atoms with E-state index in [9.17, 15) is 4.79 Å². The zero-order valence-electron chi connectivity index (χ0n) is 11.2. The summed E-state index contributed by atoms with van der Waals surface area (Å²) in [5.74, 6) is 0.439. The van der Waals surface area contributed by atoms with Crippen molar-refractivity contribution < 1.29 is 4.79 Å². The van der Waals surface area contributed by atoms with E-state index in [1.54, 1.807) is 0 Å². The lowest BCUT2D eigenvalue weighted by Crippen LogP contribution is -2.31. The monoisotopic (exact) mass is 245 g/mol. The molecule has 0 aromatic heterocycles. The average Bonchev–Trinajstić information content (AvgIpc) is 2.39. The molecular formula is C16H23NO. The van der Waals surface area contributed by atoms with Gasteiger partial charge in [0.15, 0.2) is 5.78 Å². The molecule has 1 aromatic carbocycles. The summed E-state index contributed by atoms with van der Waals surface area (Å²) < 4.78 is 0. The van der Waals surface area contributed by atoms with Crippen LogP contribution in [0.1, 0.15) is 54.9 Å². The van der Waals surface area contributed by atoms with Crippen molar-refractivity contribution >= 4 is 5.78 Å². The first-order valence-corrected chi connectivity index (χ1v) is 7.09. The second-order valence-corrected chi connectivity index (χ2v) is 5.44. The Labute approximate surface area is 110 Å². The van der Waals surface area contributed by atoms with Gasteiger partial charge in [0.1, 0.15) is 0 Å². The quantitative estimate of drug-likeness (QED) is 0.827. The van der Waals surface area contributed by atoms with Crippen LogP contribution >= 0.6 is 0 Å². The van der Waals surface area contributed by atoms with Crippen molar-refractivity contribution in [3.63, 3.8) is 0 Å². The van der Waals surface area contributed by atoms with Crippen LogP contribution in [0.4, 0.5) is 0 Å². The van der Waals surface area contributed by atoms with E-state index in [0.717, 1.165) is 44.1 Å². The molecule has 0 heterocycles. The van der Waals surface area contributed by atoms with Gasteiger partial charge in [0.2, 0.25) is 0 Å². The van der Waals surface area contributed by atoms with Crippen molar-refractivity contribution in [1.82, 2.24) is 0 Å². The summed E-state index contributed by atoms with van der Waals surface area (Å²) in [4.78, 5) is 12.4. The first-order valence-electron chi connectivity index (χ1n) is 7.09. The SMILES string of the molecule is CCCc1cccc(C(=O)C2CCCC(N)C2)c1. The molecule has 0 aliphatic heterocycles. The molecule has 2 rings (SSSR count). The number of hydrogen-bond acceptors (Lipinski definition) is 2. The highest BCUT2D eigenvalue weighted by Gasteiger charge is 2.26. The van der Waals surface area contributed by atoms with Gasteiger partial charge in [0.05, 0.1) is 0 Å². The molecule has 1 saturated carbocycles. The van der Waals surface area contributed by atoms with E-state index in [2.05, 4.69) is 19.1 Å². The number of benzene rings is 1. The molecule has 0 saturated heterocycles. The van der Waals surface area contributed by atoms with Crippen molar-refractivity contribution in [1.29, 1.82) is 0 Å². The predicted octanol–water partition coefficient (Wildman–Crippen LogP) is 3.34. The number of aryl methyl sites for hydroxylation is 1. The first-order chi connectivity index (χ1) is 8.70. The lowest BCUT2D eigenvalue weighted by atomic mass is 9.81. The lowest BCUT2D eigenvalue weighted by molar-refractivity contribution is 0.0881. The minimum Gasteiger partial charge on any atom is -0.328 e. The number of carbonyl (C=O) groups is 1. The summed E-state index contributed by atoms with van der Waals surface area (Å²) in [6.45, 7) is 2.16. The molecule has 1 aromatic rings. The van der Waals surface area contributed by atoms with Crippen molar-refractivity contribution in [3.8, 4) is 0 Å². The van der Waals surface area contributed by atoms with Gasteiger partial charge >= 0.3 is 0 Å². The second kappa shape index (κ2) is 6.14. The third-order valence-electron chi connectivity index (χ3n) is 3.84. The van der Waals surface area contributed by atoms with Crippen molar-refractivity contribution in [2.24, 2.45) is 11.7 Å². The summed E-state index contributed by atoms with van der Waals surface area (Å²) in [6, 6.07) is 8.33. The minimum absolute atomic E-state index is 0.144. The number of hydrogen-bond donors (Lipinski definition) is 1. The zero-order valence-corrected chi connectivity index (χ0v) is 11.2. The Morgan fingerprint density at radius 3 is 2.94 bits per heavy atom. The van der Waals surface area contributed by atoms with Crippen LogP contribution < -0.4 is 5.73 Å². The molecule has 0 amide bonds. The van der Waals surface area contributed by atoms with Crippen molar-refractivity contribution in [2.45, 2.75) is 51.5 Å². The van der Waals surface area contributed by atoms with Crippen molar-refractivity contribution in [2.75, 3.05) is 0 Å². The number of rotatable bonds is 4. The van der Waals surface area contributed by atoms with Gasteiger partial charge in [-0.15, -0.1) is 0 Å². The Balaban J connectivity index is 2.10. The third-order valence-corrected chi connectivity index (χ3v) is 3.84. The normalized spacial score (nSPS) is 23.9. The van der Waals surface area contributed by atoms with Gasteiger partial charge in [0.25, 0.3) is 0 Å². The predicted molar refractivity (Wildman–Crippen MR) is 74.7 cm³/mol. The van der Waals surface area contributed by atoms with E-state index in [-0.39, 0.29) is 12.0 Å². The molecule has 2 unspecified atom stereocenters. The highest BCUT2D eigenvalue weighted by molar-refractivity contribution is 5.98. The van der Waals surface area contributed by atoms with Crippen LogP contribution in [0.15, 0.2) is 24.3 Å². The minimum atomic E-state index is 0.144. The van der Waals surface area contributed by atoms with Crippen LogP contribution in [0.3, 0.4) is 0 Å². The topological polar surface area (TPSA) is 43.1 Å². The van der Waals surface area contributed by atoms with Gasteiger partial charge in [-0.2, -0.15) is 0 Å². The maximum atomic E-state index is 12.4. The van der Waals surface area contributed by atoms with Crippen LogP contribution in [0.5, 0.6) is 0 Å². The molecular weight excluding hydrogens is 222 g/mol. The molecule has 0 bridgehead atoms. The molecule has 2 atom stereocenters. The Bertz CT molecular complexity index is 413. The van der Waals surface area contributed by atoms with E-state index < -0.39 is 0 Å². The largest absolute Gasteiger partial charge is 0.328 e. The highest BCUT2D eigenvalue weighted by atomic mass is 16.1. The van der Waals surface area contributed by atoms with E-state index in [4.69, 9.17) is 5.73 Å². The number of nitrogens with two attached hydrogens (primary N) is 1. The average molecular weight is 245 g/mol. The Morgan fingerprint density at radius 2 is 2.22 bits per heavy atom. The maximum Gasteiger partial charge on any atom is 0.166 e. The van der Waals surface area contributed by atoms with E-state index in [0.29, 0.717) is 5.78 Å². The molecule has 98 valence electrons. The smallest absolute Gasteiger partial charge is 0.166 e. The second-order valence-electron chi connectivity index (χ2n) is 5.44. The number of carbonyl (C=O) groups excluding carboxylic acids is 1. The third kappa shape index (κ3) is 3.20. The Kier molecular flexibility index (Phi) is 4.54. The van der Waals surface area contributed by atoms with E-state index in [1.165, 1.54) is 5.56 Å². The number of ketones is 1. The summed E-state index contributed by atoms with van der Waals surface area (Å²) >= 11 is 0. The standard InChI is InChI=1S/C16H23NO/c1-2-5-12-6-3-7-13(10-12)16(18)14-8-4-9-15(17)11-14/h3,6-7,10,14-15H,2,4-5,8-9,11,17H2,1H3. The van der Waals surface area contributed by atoms with Gasteiger partial charge in [-0.25, -0.2) is 0 Å². The lowest BCUT2D eigenvalue weighted by Gasteiger charge is -2.25. The number of Topliss-reactive ketones (excluding diaryl/α,β-unsaturated/α-hetero) is 1. The Hall–Kier alpha value is -1.15. The summed E-state index contributed by atoms with van der Waals surface area (Å²) in [5, 5.41) is 0. The molecule has 1 aliphatic carbocycles. The van der Waals surface area contributed by atoms with Gasteiger partial charge in [-0.1, -0.05) is 38.0 Å². The molecule has 1 fully saturated rings. The fraction of sp³-hybridized carbons (Fsp3) is 0.562. The molecule has 0 radical (unpaired) electrons. The van der Waals surface area contributed by atoms with E-state index >= 15 is 0 Å². The summed E-state index contributed by atoms with van der Waals surface area (Å²) in [7, 11) is 0. The van der Waals surface area contributed by atoms with Gasteiger partial charge in [0, 0.05) is 17.5 Å². The van der Waals surface area contributed by atoms with E-state index in [1.807, 2.05) is 12.1 Å². The molecule has 1 aliphatic rings. The maximum absolute atomic E-state index is 12.4. The van der Waals surface area contributed by atoms with Crippen LogP contribution in [-0.4, -0.2) is 11.8 Å². The van der Waals surface area contributed by atoms with Crippen LogP contribution in [-0.2, 0) is 6.42 Å². The summed E-state index contributed by atoms with van der Waals surface area (Å²) in [5.41, 5.74) is 8.11. The van der Waals surface area contributed by atoms with Crippen LogP contribution in [0.2, 0.25) is 0 Å². The molecule has 18 heavy (non-hydrogen) atoms. The van der Waals surface area contributed by atoms with Crippen LogP contribution in [0, 0.1) is 5.92 Å². The van der Waals surface area contributed by atoms with Gasteiger partial charge in [-0.3, -0.25) is 4.79 Å². The molecule has 2 N–H and O–H groups in total.